The molecule has 230 valence electrons. The number of rotatable bonds is 12. The van der Waals surface area contributed by atoms with Crippen molar-refractivity contribution in [1.29, 1.82) is 0 Å². The molecule has 0 saturated carbocycles. The van der Waals surface area contributed by atoms with Crippen molar-refractivity contribution >= 4 is 29.4 Å². The average Bonchev–Trinajstić information content (AvgIpc) is 3.33. The van der Waals surface area contributed by atoms with Crippen LogP contribution in [0.25, 0.3) is 5.69 Å². The first-order chi connectivity index (χ1) is 20.2. The smallest absolute Gasteiger partial charge is 0.407 e. The molecular weight excluding hydrogens is 562 g/mol. The van der Waals surface area contributed by atoms with Crippen LogP contribution in [0, 0.1) is 11.8 Å². The van der Waals surface area contributed by atoms with Crippen molar-refractivity contribution in [3.05, 3.63) is 47.0 Å². The van der Waals surface area contributed by atoms with Crippen LogP contribution in [-0.2, 0) is 20.7 Å². The van der Waals surface area contributed by atoms with Crippen LogP contribution in [0.1, 0.15) is 49.3 Å². The molecule has 2 aliphatic heterocycles. The molecule has 2 amide bonds. The standard InChI is InChI=1S/C30H42ClN5O6/c1-20(2)25(32-22-17-21(18-35(19-22)30(39)40)28(38)34-12-15-42-16-13-34)27(37)26-24(11-7-8-14-41-3)36(29(31)33-26)23-9-5-4-6-10-23/h4-6,9-10,20-22,25,32H,7-8,11-19H2,1-3H3,(H,39,40)/t21-,22+,25?/m1/s1. The fourth-order valence-electron chi connectivity index (χ4n) is 5.80. The number of amides is 2. The summed E-state index contributed by atoms with van der Waals surface area (Å²) in [6.07, 6.45) is 1.53. The highest BCUT2D eigenvalue weighted by Crippen LogP contribution is 2.27. The molecule has 2 N–H and O–H groups in total. The van der Waals surface area contributed by atoms with Crippen LogP contribution in [0.3, 0.4) is 0 Å². The maximum absolute atomic E-state index is 14.2. The first kappa shape index (κ1) is 31.9. The second kappa shape index (κ2) is 15.0. The highest BCUT2D eigenvalue weighted by molar-refractivity contribution is 6.29. The number of carbonyl (C=O) groups is 3. The Kier molecular flexibility index (Phi) is 11.4. The van der Waals surface area contributed by atoms with Gasteiger partial charge in [-0.3, -0.25) is 14.2 Å². The maximum Gasteiger partial charge on any atom is 0.407 e. The van der Waals surface area contributed by atoms with Crippen molar-refractivity contribution in [3.8, 4) is 5.69 Å². The number of para-hydroxylation sites is 1. The Balaban J connectivity index is 1.59. The van der Waals surface area contributed by atoms with Crippen LogP contribution in [-0.4, -0.2) is 107 Å². The summed E-state index contributed by atoms with van der Waals surface area (Å²) in [4.78, 5) is 47.1. The molecule has 0 spiro atoms. The number of nitrogens with zero attached hydrogens (tertiary/aromatic N) is 4. The molecule has 12 heteroatoms. The van der Waals surface area contributed by atoms with Crippen LogP contribution in [0.4, 0.5) is 4.79 Å². The zero-order valence-electron chi connectivity index (χ0n) is 24.6. The number of methoxy groups -OCH3 is 1. The van der Waals surface area contributed by atoms with Gasteiger partial charge in [-0.2, -0.15) is 0 Å². The Morgan fingerprint density at radius 1 is 1.12 bits per heavy atom. The minimum Gasteiger partial charge on any atom is -0.465 e. The maximum atomic E-state index is 14.2. The Bertz CT molecular complexity index is 1220. The molecule has 3 atom stereocenters. The highest BCUT2D eigenvalue weighted by atomic mass is 35.5. The van der Waals surface area contributed by atoms with E-state index >= 15 is 0 Å². The van der Waals surface area contributed by atoms with Gasteiger partial charge in [-0.25, -0.2) is 9.78 Å². The van der Waals surface area contributed by atoms with Crippen molar-refractivity contribution in [3.63, 3.8) is 0 Å². The number of unbranched alkanes of at least 4 members (excludes halogenated alkanes) is 1. The summed E-state index contributed by atoms with van der Waals surface area (Å²) in [7, 11) is 1.66. The van der Waals surface area contributed by atoms with Gasteiger partial charge in [0.1, 0.15) is 5.69 Å². The number of ketones is 1. The number of likely N-dealkylation sites (tertiary alicyclic amines) is 1. The number of carbonyl (C=O) groups excluding carboxylic acids is 2. The van der Waals surface area contributed by atoms with E-state index < -0.39 is 24.1 Å². The molecule has 0 radical (unpaired) electrons. The molecule has 1 unspecified atom stereocenters. The number of nitrogens with one attached hydrogen (secondary N) is 1. The monoisotopic (exact) mass is 603 g/mol. The van der Waals surface area contributed by atoms with Gasteiger partial charge in [-0.1, -0.05) is 32.0 Å². The van der Waals surface area contributed by atoms with Crippen molar-refractivity contribution in [2.24, 2.45) is 11.8 Å². The largest absolute Gasteiger partial charge is 0.465 e. The SMILES string of the molecule is COCCCCc1c(C(=O)C(N[C@H]2C[C@@H](C(=O)N3CCOCC3)CN(C(=O)O)C2)C(C)C)nc(Cl)n1-c1ccccc1. The first-order valence-corrected chi connectivity index (χ1v) is 15.0. The third-order valence-electron chi connectivity index (χ3n) is 7.95. The van der Waals surface area contributed by atoms with Gasteiger partial charge in [-0.15, -0.1) is 0 Å². The quantitative estimate of drug-likeness (QED) is 0.279. The second-order valence-electron chi connectivity index (χ2n) is 11.3. The Morgan fingerprint density at radius 2 is 1.83 bits per heavy atom. The normalized spacial score (nSPS) is 20.1. The van der Waals surface area contributed by atoms with Crippen molar-refractivity contribution in [2.75, 3.05) is 53.1 Å². The number of aromatic nitrogens is 2. The molecule has 4 rings (SSSR count). The van der Waals surface area contributed by atoms with Crippen LogP contribution in [0.5, 0.6) is 0 Å². The molecular formula is C30H42ClN5O6. The summed E-state index contributed by atoms with van der Waals surface area (Å²) in [6, 6.07) is 8.53. The predicted octanol–water partition coefficient (Wildman–Crippen LogP) is 3.52. The molecule has 2 fully saturated rings. The van der Waals surface area contributed by atoms with Gasteiger partial charge >= 0.3 is 6.09 Å². The number of carboxylic acid groups (broad SMARTS) is 1. The minimum atomic E-state index is -1.08. The number of halogens is 1. The summed E-state index contributed by atoms with van der Waals surface area (Å²) < 4.78 is 12.4. The van der Waals surface area contributed by atoms with Crippen LogP contribution < -0.4 is 5.32 Å². The van der Waals surface area contributed by atoms with E-state index in [9.17, 15) is 19.5 Å². The molecule has 2 aliphatic rings. The molecule has 2 aromatic rings. The molecule has 42 heavy (non-hydrogen) atoms. The van der Waals surface area contributed by atoms with Crippen molar-refractivity contribution in [2.45, 2.75) is 51.6 Å². The number of hydrogen-bond acceptors (Lipinski definition) is 7. The third kappa shape index (κ3) is 7.69. The van der Waals surface area contributed by atoms with Gasteiger partial charge in [-0.05, 0) is 55.3 Å². The van der Waals surface area contributed by atoms with Gasteiger partial charge in [0.25, 0.3) is 0 Å². The van der Waals surface area contributed by atoms with Crippen LogP contribution in [0.2, 0.25) is 5.28 Å². The summed E-state index contributed by atoms with van der Waals surface area (Å²) in [5, 5.41) is 13.5. The lowest BCUT2D eigenvalue weighted by atomic mass is 9.89. The number of morpholine rings is 1. The number of hydrogen-bond donors (Lipinski definition) is 2. The lowest BCUT2D eigenvalue weighted by Crippen LogP contribution is -2.58. The molecule has 2 saturated heterocycles. The average molecular weight is 604 g/mol. The fourth-order valence-corrected chi connectivity index (χ4v) is 6.08. The third-order valence-corrected chi connectivity index (χ3v) is 8.20. The minimum absolute atomic E-state index is 0.0739. The topological polar surface area (TPSA) is 126 Å². The molecule has 11 nitrogen and oxygen atoms in total. The van der Waals surface area contributed by atoms with Gasteiger partial charge in [0, 0.05) is 51.6 Å². The molecule has 0 aliphatic carbocycles. The highest BCUT2D eigenvalue weighted by Gasteiger charge is 2.39. The number of imidazole rings is 1. The molecule has 0 bridgehead atoms. The number of Topliss-reactive ketones (excluding diaryl/α,β-unsaturated/α-hetero) is 1. The van der Waals surface area contributed by atoms with E-state index in [-0.39, 0.29) is 36.0 Å². The van der Waals surface area contributed by atoms with E-state index in [2.05, 4.69) is 10.3 Å². The van der Waals surface area contributed by atoms with Gasteiger partial charge in [0.2, 0.25) is 11.2 Å². The van der Waals surface area contributed by atoms with E-state index in [0.717, 1.165) is 24.2 Å². The zero-order chi connectivity index (χ0) is 30.2. The van der Waals surface area contributed by atoms with Gasteiger partial charge < -0.3 is 29.7 Å². The first-order valence-electron chi connectivity index (χ1n) is 14.7. The summed E-state index contributed by atoms with van der Waals surface area (Å²) in [5.41, 5.74) is 1.86. The Labute approximate surface area is 252 Å². The molecule has 3 heterocycles. The Morgan fingerprint density at radius 3 is 2.48 bits per heavy atom. The van der Waals surface area contributed by atoms with Gasteiger partial charge in [0.05, 0.1) is 30.9 Å². The lowest BCUT2D eigenvalue weighted by molar-refractivity contribution is -0.141. The van der Waals surface area contributed by atoms with E-state index in [1.54, 1.807) is 12.0 Å². The van der Waals surface area contributed by atoms with Crippen molar-refractivity contribution in [1.82, 2.24) is 24.7 Å². The summed E-state index contributed by atoms with van der Waals surface area (Å²) in [5.74, 6) is -0.911. The van der Waals surface area contributed by atoms with Crippen LogP contribution >= 0.6 is 11.6 Å². The Hall–Kier alpha value is -2.99. The second-order valence-corrected chi connectivity index (χ2v) is 11.6. The summed E-state index contributed by atoms with van der Waals surface area (Å²) >= 11 is 6.66. The van der Waals surface area contributed by atoms with E-state index in [1.807, 2.05) is 48.7 Å². The van der Waals surface area contributed by atoms with Crippen molar-refractivity contribution < 1.29 is 29.0 Å². The van der Waals surface area contributed by atoms with E-state index in [4.69, 9.17) is 21.1 Å². The fraction of sp³-hybridized carbons (Fsp3) is 0.600. The van der Waals surface area contributed by atoms with Gasteiger partial charge in [0.15, 0.2) is 5.78 Å². The molecule has 1 aromatic heterocycles. The summed E-state index contributed by atoms with van der Waals surface area (Å²) in [6.45, 7) is 6.73. The predicted molar refractivity (Wildman–Crippen MR) is 158 cm³/mol. The number of ether oxygens (including phenoxy) is 2. The number of benzene rings is 1. The number of piperidine rings is 1. The lowest BCUT2D eigenvalue weighted by Gasteiger charge is -2.40. The van der Waals surface area contributed by atoms with E-state index in [0.29, 0.717) is 51.4 Å². The zero-order valence-corrected chi connectivity index (χ0v) is 25.4. The van der Waals surface area contributed by atoms with Crippen LogP contribution in [0.15, 0.2) is 30.3 Å². The molecule has 1 aromatic carbocycles. The van der Waals surface area contributed by atoms with E-state index in [1.165, 1.54) is 4.90 Å².